The number of ether oxygens (including phenoxy) is 1. The molecule has 2 rings (SSSR count). The highest BCUT2D eigenvalue weighted by atomic mass is 32.2. The molecule has 5 unspecified atom stereocenters. The standard InChI is InChI=1S/C11H19N3O4S/c1-3-12-9(17)8-7(16)6(15)5-10(18-8)19-11(14-5)13-4-2/h5-8,10,15-16H,3-4H2,1-2H3,(H,12,17)(H,13,14). The summed E-state index contributed by atoms with van der Waals surface area (Å²) < 4.78 is 5.58. The second-order valence-electron chi connectivity index (χ2n) is 4.37. The van der Waals surface area contributed by atoms with Crippen molar-refractivity contribution in [1.82, 2.24) is 10.6 Å². The van der Waals surface area contributed by atoms with Crippen LogP contribution in [-0.4, -0.2) is 64.2 Å². The number of nitrogens with one attached hydrogen (secondary N) is 2. The summed E-state index contributed by atoms with van der Waals surface area (Å²) in [5.41, 5.74) is -0.420. The Labute approximate surface area is 115 Å². The third-order valence-electron chi connectivity index (χ3n) is 3.03. The molecule has 5 atom stereocenters. The molecule has 4 N–H and O–H groups in total. The van der Waals surface area contributed by atoms with Gasteiger partial charge < -0.3 is 25.6 Å². The van der Waals surface area contributed by atoms with Gasteiger partial charge in [0.2, 0.25) is 0 Å². The normalized spacial score (nSPS) is 39.8. The first-order valence-corrected chi connectivity index (χ1v) is 7.23. The number of aliphatic imine (C=N–C) groups is 1. The lowest BCUT2D eigenvalue weighted by Crippen LogP contribution is -2.62. The average Bonchev–Trinajstić information content (AvgIpc) is 2.77. The second kappa shape index (κ2) is 6.08. The first-order valence-electron chi connectivity index (χ1n) is 6.35. The van der Waals surface area contributed by atoms with Crippen LogP contribution >= 0.6 is 11.8 Å². The van der Waals surface area contributed by atoms with E-state index in [0.717, 1.165) is 0 Å². The van der Waals surface area contributed by atoms with Crippen molar-refractivity contribution in [3.05, 3.63) is 0 Å². The van der Waals surface area contributed by atoms with Crippen LogP contribution in [0.3, 0.4) is 0 Å². The summed E-state index contributed by atoms with van der Waals surface area (Å²) >= 11 is 1.33. The molecule has 0 aromatic rings. The first-order chi connectivity index (χ1) is 9.08. The molecule has 19 heavy (non-hydrogen) atoms. The maximum atomic E-state index is 11.8. The van der Waals surface area contributed by atoms with Gasteiger partial charge in [-0.2, -0.15) is 0 Å². The fourth-order valence-corrected chi connectivity index (χ4v) is 3.30. The predicted molar refractivity (Wildman–Crippen MR) is 71.8 cm³/mol. The van der Waals surface area contributed by atoms with E-state index in [1.54, 1.807) is 6.92 Å². The zero-order valence-electron chi connectivity index (χ0n) is 10.9. The number of carbonyl (C=O) groups is 1. The van der Waals surface area contributed by atoms with Crippen molar-refractivity contribution in [3.63, 3.8) is 0 Å². The van der Waals surface area contributed by atoms with Gasteiger partial charge in [0.05, 0.1) is 6.04 Å². The van der Waals surface area contributed by atoms with Crippen molar-refractivity contribution >= 4 is 22.8 Å². The monoisotopic (exact) mass is 289 g/mol. The number of thioether (sulfide) groups is 1. The van der Waals surface area contributed by atoms with Crippen molar-refractivity contribution in [2.24, 2.45) is 4.99 Å². The molecular weight excluding hydrogens is 270 g/mol. The highest BCUT2D eigenvalue weighted by molar-refractivity contribution is 8.14. The van der Waals surface area contributed by atoms with E-state index in [2.05, 4.69) is 15.6 Å². The van der Waals surface area contributed by atoms with Gasteiger partial charge in [-0.25, -0.2) is 0 Å². The minimum atomic E-state index is -1.25. The van der Waals surface area contributed by atoms with Gasteiger partial charge in [-0.1, -0.05) is 11.8 Å². The Balaban J connectivity index is 2.10. The molecule has 2 saturated heterocycles. The summed E-state index contributed by atoms with van der Waals surface area (Å²) in [5.74, 6) is -0.408. The van der Waals surface area contributed by atoms with Crippen LogP contribution in [-0.2, 0) is 9.53 Å². The summed E-state index contributed by atoms with van der Waals surface area (Å²) in [7, 11) is 0. The van der Waals surface area contributed by atoms with E-state index < -0.39 is 35.7 Å². The lowest BCUT2D eigenvalue weighted by molar-refractivity contribution is -0.172. The van der Waals surface area contributed by atoms with Crippen molar-refractivity contribution in [3.8, 4) is 0 Å². The van der Waals surface area contributed by atoms with E-state index in [9.17, 15) is 15.0 Å². The molecule has 1 amide bonds. The summed E-state index contributed by atoms with van der Waals surface area (Å²) in [6.45, 7) is 4.75. The van der Waals surface area contributed by atoms with Gasteiger partial charge in [0.15, 0.2) is 11.3 Å². The first kappa shape index (κ1) is 14.6. The SMILES string of the molecule is CCN=C1NC2C(OC(C(=O)NCC)C(O)C2O)S1. The number of carbonyl (C=O) groups excluding carboxylic acids is 1. The highest BCUT2D eigenvalue weighted by Crippen LogP contribution is 2.33. The van der Waals surface area contributed by atoms with E-state index in [-0.39, 0.29) is 0 Å². The number of fused-ring (bicyclic) bond motifs is 1. The van der Waals surface area contributed by atoms with E-state index in [0.29, 0.717) is 18.3 Å². The number of rotatable bonds is 3. The average molecular weight is 289 g/mol. The van der Waals surface area contributed by atoms with Gasteiger partial charge >= 0.3 is 0 Å². The Hall–Kier alpha value is -0.830. The minimum absolute atomic E-state index is 0.408. The van der Waals surface area contributed by atoms with Gasteiger partial charge in [-0.3, -0.25) is 9.79 Å². The molecule has 0 aromatic carbocycles. The third kappa shape index (κ3) is 2.86. The fraction of sp³-hybridized carbons (Fsp3) is 0.818. The van der Waals surface area contributed by atoms with Crippen LogP contribution in [0.1, 0.15) is 13.8 Å². The molecule has 108 valence electrons. The smallest absolute Gasteiger partial charge is 0.252 e. The van der Waals surface area contributed by atoms with Gasteiger partial charge in [-0.05, 0) is 13.8 Å². The molecule has 7 nitrogen and oxygen atoms in total. The van der Waals surface area contributed by atoms with Crippen molar-refractivity contribution in [1.29, 1.82) is 0 Å². The molecule has 0 spiro atoms. The van der Waals surface area contributed by atoms with E-state index in [4.69, 9.17) is 4.74 Å². The number of nitrogens with zero attached hydrogens (tertiary/aromatic N) is 1. The summed E-state index contributed by atoms with van der Waals surface area (Å²) in [6, 6.07) is -0.448. The van der Waals surface area contributed by atoms with Crippen molar-refractivity contribution in [2.45, 2.75) is 43.6 Å². The molecule has 2 heterocycles. The third-order valence-corrected chi connectivity index (χ3v) is 4.14. The van der Waals surface area contributed by atoms with Gasteiger partial charge in [0, 0.05) is 13.1 Å². The topological polar surface area (TPSA) is 103 Å². The van der Waals surface area contributed by atoms with E-state index in [1.165, 1.54) is 11.8 Å². The number of aliphatic hydroxyl groups excluding tert-OH is 2. The Morgan fingerprint density at radius 1 is 1.47 bits per heavy atom. The number of amidine groups is 1. The van der Waals surface area contributed by atoms with E-state index >= 15 is 0 Å². The van der Waals surface area contributed by atoms with Gasteiger partial charge in [0.25, 0.3) is 5.91 Å². The Kier molecular flexibility index (Phi) is 4.67. The predicted octanol–water partition coefficient (Wildman–Crippen LogP) is -1.35. The maximum absolute atomic E-state index is 11.8. The molecule has 0 aromatic heterocycles. The lowest BCUT2D eigenvalue weighted by Gasteiger charge is -2.37. The summed E-state index contributed by atoms with van der Waals surface area (Å²) in [6.07, 6.45) is -3.36. The van der Waals surface area contributed by atoms with Crippen LogP contribution in [0.2, 0.25) is 0 Å². The number of amides is 1. The van der Waals surface area contributed by atoms with Crippen LogP contribution in [0.25, 0.3) is 0 Å². The molecule has 8 heteroatoms. The van der Waals surface area contributed by atoms with Crippen molar-refractivity contribution in [2.75, 3.05) is 13.1 Å². The van der Waals surface area contributed by atoms with Crippen LogP contribution in [0, 0.1) is 0 Å². The molecular formula is C11H19N3O4S. The van der Waals surface area contributed by atoms with Gasteiger partial charge in [0.1, 0.15) is 17.6 Å². The summed E-state index contributed by atoms with van der Waals surface area (Å²) in [5, 5.41) is 26.3. The Morgan fingerprint density at radius 2 is 2.21 bits per heavy atom. The quantitative estimate of drug-likeness (QED) is 0.512. The number of hydrogen-bond acceptors (Lipinski definition) is 6. The van der Waals surface area contributed by atoms with Crippen molar-refractivity contribution < 1.29 is 19.7 Å². The molecule has 2 aliphatic rings. The minimum Gasteiger partial charge on any atom is -0.388 e. The molecule has 0 aliphatic carbocycles. The Morgan fingerprint density at radius 3 is 2.84 bits per heavy atom. The molecule has 0 radical (unpaired) electrons. The number of aliphatic hydroxyl groups is 2. The largest absolute Gasteiger partial charge is 0.388 e. The van der Waals surface area contributed by atoms with E-state index in [1.807, 2.05) is 6.92 Å². The summed E-state index contributed by atoms with van der Waals surface area (Å²) in [4.78, 5) is 16.0. The maximum Gasteiger partial charge on any atom is 0.252 e. The number of hydrogen-bond donors (Lipinski definition) is 4. The second-order valence-corrected chi connectivity index (χ2v) is 5.46. The van der Waals surface area contributed by atoms with Crippen LogP contribution in [0.15, 0.2) is 4.99 Å². The Bertz CT molecular complexity index is 379. The van der Waals surface area contributed by atoms with Crippen LogP contribution in [0.4, 0.5) is 0 Å². The van der Waals surface area contributed by atoms with Crippen LogP contribution in [0.5, 0.6) is 0 Å². The molecule has 0 bridgehead atoms. The van der Waals surface area contributed by atoms with Crippen LogP contribution < -0.4 is 10.6 Å². The molecule has 2 fully saturated rings. The fourth-order valence-electron chi connectivity index (χ4n) is 2.12. The molecule has 2 aliphatic heterocycles. The number of likely N-dealkylation sites (N-methyl/N-ethyl adjacent to an activating group) is 1. The zero-order chi connectivity index (χ0) is 14.0. The zero-order valence-corrected chi connectivity index (χ0v) is 11.7. The highest BCUT2D eigenvalue weighted by Gasteiger charge is 2.51. The lowest BCUT2D eigenvalue weighted by atomic mass is 9.97. The molecule has 0 saturated carbocycles. The van der Waals surface area contributed by atoms with Gasteiger partial charge in [-0.15, -0.1) is 0 Å².